The number of ether oxygens (including phenoxy) is 2. The number of rotatable bonds is 8. The number of amides is 3. The second-order valence-electron chi connectivity index (χ2n) is 7.75. The number of benzene rings is 1. The summed E-state index contributed by atoms with van der Waals surface area (Å²) in [4.78, 5) is 30.1. The molecule has 30 heavy (non-hydrogen) atoms. The van der Waals surface area contributed by atoms with Gasteiger partial charge in [0.25, 0.3) is 0 Å². The number of fused-ring (bicyclic) bond motifs is 1. The monoisotopic (exact) mass is 413 g/mol. The van der Waals surface area contributed by atoms with Crippen molar-refractivity contribution in [2.45, 2.75) is 25.3 Å². The minimum absolute atomic E-state index is 0.0351. The zero-order chi connectivity index (χ0) is 20.9. The predicted octanol–water partition coefficient (Wildman–Crippen LogP) is 0.800. The van der Waals surface area contributed by atoms with E-state index in [4.69, 9.17) is 14.7 Å². The Morgan fingerprint density at radius 3 is 2.80 bits per heavy atom. The van der Waals surface area contributed by atoms with E-state index in [9.17, 15) is 9.59 Å². The Hall–Kier alpha value is -2.99. The van der Waals surface area contributed by atoms with Gasteiger partial charge >= 0.3 is 6.03 Å². The van der Waals surface area contributed by atoms with E-state index in [1.165, 1.54) is 0 Å². The summed E-state index contributed by atoms with van der Waals surface area (Å²) < 4.78 is 10.7. The number of nitrogens with zero attached hydrogens (tertiary/aromatic N) is 4. The van der Waals surface area contributed by atoms with Crippen LogP contribution in [0.2, 0.25) is 0 Å². The molecule has 1 atom stereocenters. The summed E-state index contributed by atoms with van der Waals surface area (Å²) in [5.41, 5.74) is 1.11. The second-order valence-corrected chi connectivity index (χ2v) is 7.75. The standard InChI is InChI=1S/C21H27N5O4/c22-13-17-2-1-7-26(17)20(27)14-23-6-9-25-11-10-24(21(25)28)8-5-16-3-4-18-19(12-16)30-15-29-18/h3-4,12,17,23H,1-2,5-11,14-15H2/t17-/m0/s1. The van der Waals surface area contributed by atoms with Crippen LogP contribution < -0.4 is 14.8 Å². The molecule has 3 amide bonds. The number of hydrogen-bond acceptors (Lipinski definition) is 6. The lowest BCUT2D eigenvalue weighted by molar-refractivity contribution is -0.130. The van der Waals surface area contributed by atoms with Crippen LogP contribution in [0, 0.1) is 11.3 Å². The van der Waals surface area contributed by atoms with Gasteiger partial charge in [0.2, 0.25) is 12.7 Å². The van der Waals surface area contributed by atoms with Crippen LogP contribution in [-0.2, 0) is 11.2 Å². The SMILES string of the molecule is N#C[C@@H]1CCCN1C(=O)CNCCN1CCN(CCc2ccc3c(c2)OCO3)C1=O. The Labute approximate surface area is 176 Å². The molecule has 0 aliphatic carbocycles. The maximum absolute atomic E-state index is 12.6. The molecule has 1 aromatic rings. The average molecular weight is 413 g/mol. The van der Waals surface area contributed by atoms with E-state index in [0.717, 1.165) is 36.3 Å². The molecule has 160 valence electrons. The molecule has 0 spiro atoms. The first kappa shape index (κ1) is 20.3. The van der Waals surface area contributed by atoms with Crippen LogP contribution >= 0.6 is 0 Å². The highest BCUT2D eigenvalue weighted by atomic mass is 16.7. The van der Waals surface area contributed by atoms with Crippen molar-refractivity contribution in [1.29, 1.82) is 5.26 Å². The first-order valence-electron chi connectivity index (χ1n) is 10.5. The fourth-order valence-corrected chi connectivity index (χ4v) is 4.12. The minimum Gasteiger partial charge on any atom is -0.454 e. The van der Waals surface area contributed by atoms with Crippen molar-refractivity contribution in [3.63, 3.8) is 0 Å². The van der Waals surface area contributed by atoms with Gasteiger partial charge in [0.1, 0.15) is 6.04 Å². The van der Waals surface area contributed by atoms with Gasteiger partial charge in [-0.3, -0.25) is 4.79 Å². The van der Waals surface area contributed by atoms with Gasteiger partial charge in [-0.2, -0.15) is 5.26 Å². The Balaban J connectivity index is 1.16. The van der Waals surface area contributed by atoms with E-state index in [-0.39, 0.29) is 31.3 Å². The zero-order valence-corrected chi connectivity index (χ0v) is 17.0. The van der Waals surface area contributed by atoms with E-state index < -0.39 is 0 Å². The van der Waals surface area contributed by atoms with Crippen molar-refractivity contribution >= 4 is 11.9 Å². The highest BCUT2D eigenvalue weighted by Crippen LogP contribution is 2.32. The topological polar surface area (TPSA) is 98.1 Å². The van der Waals surface area contributed by atoms with Crippen molar-refractivity contribution in [2.24, 2.45) is 0 Å². The zero-order valence-electron chi connectivity index (χ0n) is 17.0. The van der Waals surface area contributed by atoms with Gasteiger partial charge in [0.05, 0.1) is 12.6 Å². The normalized spacial score (nSPS) is 20.2. The number of carbonyl (C=O) groups is 2. The lowest BCUT2D eigenvalue weighted by atomic mass is 10.1. The largest absolute Gasteiger partial charge is 0.454 e. The van der Waals surface area contributed by atoms with E-state index in [1.54, 1.807) is 4.90 Å². The van der Waals surface area contributed by atoms with Crippen LogP contribution in [-0.4, -0.2) is 85.3 Å². The number of hydrogen-bond donors (Lipinski definition) is 1. The molecule has 3 aliphatic rings. The maximum atomic E-state index is 12.6. The fourth-order valence-electron chi connectivity index (χ4n) is 4.12. The molecule has 4 rings (SSSR count). The molecule has 2 fully saturated rings. The molecule has 0 radical (unpaired) electrons. The molecule has 3 heterocycles. The summed E-state index contributed by atoms with van der Waals surface area (Å²) in [6, 6.07) is 7.81. The molecule has 0 unspecified atom stereocenters. The average Bonchev–Trinajstić information content (AvgIpc) is 3.49. The van der Waals surface area contributed by atoms with Crippen LogP contribution in [0.3, 0.4) is 0 Å². The molecule has 3 aliphatic heterocycles. The number of urea groups is 1. The van der Waals surface area contributed by atoms with Crippen LogP contribution in [0.4, 0.5) is 4.79 Å². The van der Waals surface area contributed by atoms with Gasteiger partial charge in [-0.15, -0.1) is 0 Å². The Bertz CT molecular complexity index is 839. The van der Waals surface area contributed by atoms with Gasteiger partial charge in [-0.1, -0.05) is 6.07 Å². The van der Waals surface area contributed by atoms with E-state index in [0.29, 0.717) is 39.3 Å². The van der Waals surface area contributed by atoms with Crippen LogP contribution in [0.5, 0.6) is 11.5 Å². The quantitative estimate of drug-likeness (QED) is 0.633. The predicted molar refractivity (Wildman–Crippen MR) is 108 cm³/mol. The summed E-state index contributed by atoms with van der Waals surface area (Å²) in [5, 5.41) is 12.2. The third kappa shape index (κ3) is 4.44. The Kier molecular flexibility index (Phi) is 6.23. The number of nitrogens with one attached hydrogen (secondary N) is 1. The first-order chi connectivity index (χ1) is 14.7. The molecule has 9 nitrogen and oxygen atoms in total. The van der Waals surface area contributed by atoms with Crippen molar-refractivity contribution in [3.8, 4) is 17.6 Å². The summed E-state index contributed by atoms with van der Waals surface area (Å²) in [6.07, 6.45) is 2.40. The summed E-state index contributed by atoms with van der Waals surface area (Å²) in [7, 11) is 0. The fraction of sp³-hybridized carbons (Fsp3) is 0.571. The molecule has 9 heteroatoms. The van der Waals surface area contributed by atoms with Gasteiger partial charge in [0.15, 0.2) is 11.5 Å². The van der Waals surface area contributed by atoms with Crippen LogP contribution in [0.25, 0.3) is 0 Å². The molecule has 1 aromatic carbocycles. The molecular formula is C21H27N5O4. The van der Waals surface area contributed by atoms with Crippen molar-refractivity contribution < 1.29 is 19.1 Å². The molecule has 0 aromatic heterocycles. The number of likely N-dealkylation sites (tertiary alicyclic amines) is 1. The van der Waals surface area contributed by atoms with E-state index >= 15 is 0 Å². The van der Waals surface area contributed by atoms with Crippen molar-refractivity contribution in [1.82, 2.24) is 20.0 Å². The molecule has 0 bridgehead atoms. The van der Waals surface area contributed by atoms with Crippen molar-refractivity contribution in [2.75, 3.05) is 52.6 Å². The lowest BCUT2D eigenvalue weighted by Gasteiger charge is -2.21. The highest BCUT2D eigenvalue weighted by molar-refractivity contribution is 5.79. The maximum Gasteiger partial charge on any atom is 0.320 e. The minimum atomic E-state index is -0.294. The molecule has 1 N–H and O–H groups in total. The number of nitriles is 1. The molecule has 0 saturated carbocycles. The van der Waals surface area contributed by atoms with Gasteiger partial charge < -0.3 is 29.5 Å². The Morgan fingerprint density at radius 2 is 1.97 bits per heavy atom. The molecule has 2 saturated heterocycles. The van der Waals surface area contributed by atoms with Crippen LogP contribution in [0.1, 0.15) is 18.4 Å². The Morgan fingerprint density at radius 1 is 1.17 bits per heavy atom. The summed E-state index contributed by atoms with van der Waals surface area (Å²) in [5.74, 6) is 1.48. The van der Waals surface area contributed by atoms with Gasteiger partial charge in [-0.25, -0.2) is 4.79 Å². The molecular weight excluding hydrogens is 386 g/mol. The summed E-state index contributed by atoms with van der Waals surface area (Å²) >= 11 is 0. The van der Waals surface area contributed by atoms with Crippen molar-refractivity contribution in [3.05, 3.63) is 23.8 Å². The summed E-state index contributed by atoms with van der Waals surface area (Å²) in [6.45, 7) is 4.29. The second kappa shape index (κ2) is 9.22. The third-order valence-electron chi connectivity index (χ3n) is 5.85. The van der Waals surface area contributed by atoms with Crippen LogP contribution in [0.15, 0.2) is 18.2 Å². The van der Waals surface area contributed by atoms with Gasteiger partial charge in [-0.05, 0) is 37.0 Å². The smallest absolute Gasteiger partial charge is 0.320 e. The lowest BCUT2D eigenvalue weighted by Crippen LogP contribution is -2.43. The van der Waals surface area contributed by atoms with E-state index in [1.807, 2.05) is 28.0 Å². The van der Waals surface area contributed by atoms with Gasteiger partial charge in [0, 0.05) is 39.3 Å². The van der Waals surface area contributed by atoms with E-state index in [2.05, 4.69) is 11.4 Å². The first-order valence-corrected chi connectivity index (χ1v) is 10.5. The number of carbonyl (C=O) groups excluding carboxylic acids is 2. The highest BCUT2D eigenvalue weighted by Gasteiger charge is 2.29. The third-order valence-corrected chi connectivity index (χ3v) is 5.85.